The summed E-state index contributed by atoms with van der Waals surface area (Å²) in [7, 11) is 3.31. The fourth-order valence-electron chi connectivity index (χ4n) is 13.2. The number of carbonyl (C=O) groups is 2. The van der Waals surface area contributed by atoms with Gasteiger partial charge in [0.05, 0.1) is 64.9 Å². The Hall–Kier alpha value is -7.18. The van der Waals surface area contributed by atoms with Crippen molar-refractivity contribution in [2.75, 3.05) is 133 Å². The monoisotopic (exact) mass is 1200 g/mol. The van der Waals surface area contributed by atoms with Gasteiger partial charge in [-0.3, -0.25) is 9.80 Å². The molecular formula is C72H88N4O12. The van der Waals surface area contributed by atoms with Crippen LogP contribution in [0.15, 0.2) is 146 Å². The minimum absolute atomic E-state index is 0.152. The molecule has 8 aliphatic heterocycles. The zero-order valence-corrected chi connectivity index (χ0v) is 51.5. The molecule has 16 nitrogen and oxygen atoms in total. The molecule has 6 saturated heterocycles. The Morgan fingerprint density at radius 2 is 0.739 bits per heavy atom. The van der Waals surface area contributed by atoms with E-state index in [-0.39, 0.29) is 35.1 Å². The molecule has 14 rings (SSSR count). The second kappa shape index (κ2) is 30.8. The number of hydrogen-bond acceptors (Lipinski definition) is 14. The van der Waals surface area contributed by atoms with Gasteiger partial charge in [0.1, 0.15) is 49.4 Å². The molecule has 88 heavy (non-hydrogen) atoms. The van der Waals surface area contributed by atoms with Gasteiger partial charge in [-0.05, 0) is 184 Å². The Bertz CT molecular complexity index is 2890. The standard InChI is InChI=1S/2C36H44N2O6/c2*1-40-22-23-41-24-25-42-31-10-6-28(7-11-31)26-43-32-12-8-30(9-13-32)34-33-5-3-2-4-29(33)14-18-38(34)35(39)44-27-36-15-19-37(20-16-36)21-17-36/h2*2-13,34H,14-27H2,1H3/t2*34-/m00/s1. The number of amides is 2. The lowest BCUT2D eigenvalue weighted by Gasteiger charge is -2.48. The van der Waals surface area contributed by atoms with Crippen LogP contribution in [0.1, 0.15) is 95.1 Å². The van der Waals surface area contributed by atoms with Crippen molar-refractivity contribution in [3.05, 3.63) is 190 Å². The van der Waals surface area contributed by atoms with Crippen molar-refractivity contribution in [1.82, 2.24) is 19.6 Å². The largest absolute Gasteiger partial charge is 0.491 e. The van der Waals surface area contributed by atoms with E-state index in [9.17, 15) is 9.59 Å². The summed E-state index contributed by atoms with van der Waals surface area (Å²) in [6.45, 7) is 14.3. The molecule has 468 valence electrons. The summed E-state index contributed by atoms with van der Waals surface area (Å²) in [6, 6.07) is 48.6. The third-order valence-corrected chi connectivity index (χ3v) is 18.7. The number of benzene rings is 6. The quantitative estimate of drug-likeness (QED) is 0.0476. The number of carbonyl (C=O) groups excluding carboxylic acids is 2. The number of fused-ring (bicyclic) bond motifs is 8. The van der Waals surface area contributed by atoms with Crippen molar-refractivity contribution in [1.29, 1.82) is 0 Å². The number of hydrogen-bond donors (Lipinski definition) is 0. The van der Waals surface area contributed by atoms with Gasteiger partial charge in [-0.2, -0.15) is 0 Å². The molecular weight excluding hydrogens is 1110 g/mol. The fourth-order valence-corrected chi connectivity index (χ4v) is 13.2. The molecule has 8 heterocycles. The minimum Gasteiger partial charge on any atom is -0.491 e. The Morgan fingerprint density at radius 3 is 1.11 bits per heavy atom. The topological polar surface area (TPSA) is 139 Å². The van der Waals surface area contributed by atoms with Crippen LogP contribution in [0.5, 0.6) is 23.0 Å². The summed E-state index contributed by atoms with van der Waals surface area (Å²) in [5, 5.41) is 0. The van der Waals surface area contributed by atoms with E-state index in [2.05, 4.69) is 82.6 Å². The molecule has 0 N–H and O–H groups in total. The van der Waals surface area contributed by atoms with Gasteiger partial charge in [0.15, 0.2) is 0 Å². The summed E-state index contributed by atoms with van der Waals surface area (Å²) < 4.78 is 56.7. The summed E-state index contributed by atoms with van der Waals surface area (Å²) in [5.41, 5.74) is 9.41. The molecule has 4 bridgehead atoms. The van der Waals surface area contributed by atoms with Gasteiger partial charge in [-0.25, -0.2) is 9.59 Å². The summed E-state index contributed by atoms with van der Waals surface area (Å²) in [5.74, 6) is 3.16. The number of ether oxygens (including phenoxy) is 10. The van der Waals surface area contributed by atoms with Crippen molar-refractivity contribution in [2.24, 2.45) is 10.8 Å². The number of piperidine rings is 6. The first-order valence-electron chi connectivity index (χ1n) is 31.7. The molecule has 16 heteroatoms. The van der Waals surface area contributed by atoms with Gasteiger partial charge < -0.3 is 57.2 Å². The molecule has 0 spiro atoms. The normalized spacial score (nSPS) is 22.3. The van der Waals surface area contributed by atoms with Crippen LogP contribution in [-0.2, 0) is 54.5 Å². The van der Waals surface area contributed by atoms with E-state index in [1.807, 2.05) is 82.6 Å². The molecule has 8 aliphatic rings. The lowest BCUT2D eigenvalue weighted by molar-refractivity contribution is -0.0301. The van der Waals surface area contributed by atoms with Crippen LogP contribution in [0.2, 0.25) is 0 Å². The first-order valence-corrected chi connectivity index (χ1v) is 31.7. The Labute approximate surface area is 519 Å². The predicted octanol–water partition coefficient (Wildman–Crippen LogP) is 11.8. The van der Waals surface area contributed by atoms with Crippen LogP contribution in [0, 0.1) is 10.8 Å². The van der Waals surface area contributed by atoms with Gasteiger partial charge in [-0.1, -0.05) is 97.1 Å². The lowest BCUT2D eigenvalue weighted by atomic mass is 9.73. The van der Waals surface area contributed by atoms with Gasteiger partial charge in [0.2, 0.25) is 0 Å². The SMILES string of the molecule is COCCOCCOc1ccc(COc2ccc([C@H]3c4ccccc4CCN3C(=O)OCC34CCN(CC3)CC4)cc2)cc1.COCCOCCOc1ccc(COc2ccc([C@H]3c4ccccc4CCN3C(=O)OCC34CCN(CC3)CC4)cc2)cc1. The van der Waals surface area contributed by atoms with E-state index in [1.54, 1.807) is 14.2 Å². The molecule has 0 aromatic heterocycles. The zero-order valence-electron chi connectivity index (χ0n) is 51.5. The van der Waals surface area contributed by atoms with Crippen molar-refractivity contribution in [3.8, 4) is 23.0 Å². The average molecular weight is 1200 g/mol. The maximum atomic E-state index is 13.6. The highest BCUT2D eigenvalue weighted by molar-refractivity contribution is 5.71. The van der Waals surface area contributed by atoms with Crippen LogP contribution >= 0.6 is 0 Å². The second-order valence-electron chi connectivity index (χ2n) is 24.3. The van der Waals surface area contributed by atoms with Gasteiger partial charge >= 0.3 is 12.2 Å². The highest BCUT2D eigenvalue weighted by atomic mass is 16.6. The van der Waals surface area contributed by atoms with Gasteiger partial charge in [0.25, 0.3) is 0 Å². The predicted molar refractivity (Wildman–Crippen MR) is 336 cm³/mol. The van der Waals surface area contributed by atoms with Gasteiger partial charge in [0, 0.05) is 38.1 Å². The highest BCUT2D eigenvalue weighted by Crippen LogP contribution is 2.44. The summed E-state index contributed by atoms with van der Waals surface area (Å²) in [6.07, 6.45) is 7.97. The highest BCUT2D eigenvalue weighted by Gasteiger charge is 2.43. The summed E-state index contributed by atoms with van der Waals surface area (Å²) in [4.78, 5) is 36.1. The van der Waals surface area contributed by atoms with E-state index in [1.165, 1.54) is 11.1 Å². The lowest BCUT2D eigenvalue weighted by Crippen LogP contribution is -2.51. The zero-order chi connectivity index (χ0) is 60.4. The Morgan fingerprint density at radius 1 is 0.398 bits per heavy atom. The Kier molecular flexibility index (Phi) is 21.9. The maximum Gasteiger partial charge on any atom is 0.410 e. The van der Waals surface area contributed by atoms with E-state index < -0.39 is 0 Å². The van der Waals surface area contributed by atoms with Crippen LogP contribution < -0.4 is 18.9 Å². The minimum atomic E-state index is -0.210. The number of methoxy groups -OCH3 is 2. The second-order valence-corrected chi connectivity index (χ2v) is 24.3. The molecule has 6 fully saturated rings. The van der Waals surface area contributed by atoms with E-state index >= 15 is 0 Å². The van der Waals surface area contributed by atoms with Gasteiger partial charge in [-0.15, -0.1) is 0 Å². The van der Waals surface area contributed by atoms with Crippen LogP contribution in [0.25, 0.3) is 0 Å². The van der Waals surface area contributed by atoms with Crippen LogP contribution in [-0.4, -0.2) is 164 Å². The van der Waals surface area contributed by atoms with E-state index in [0.29, 0.717) is 92.4 Å². The molecule has 6 aromatic rings. The molecule has 0 aliphatic carbocycles. The first-order chi connectivity index (χ1) is 43.2. The Balaban J connectivity index is 0.000000182. The summed E-state index contributed by atoms with van der Waals surface area (Å²) >= 11 is 0. The molecule has 0 radical (unpaired) electrons. The van der Waals surface area contributed by atoms with Crippen LogP contribution in [0.4, 0.5) is 9.59 Å². The molecule has 6 aromatic carbocycles. The van der Waals surface area contributed by atoms with E-state index in [4.69, 9.17) is 47.4 Å². The number of rotatable bonds is 26. The molecule has 2 amide bonds. The van der Waals surface area contributed by atoms with Crippen molar-refractivity contribution < 1.29 is 57.0 Å². The average Bonchev–Trinajstić information content (AvgIpc) is 1.85. The molecule has 0 saturated carbocycles. The molecule has 2 atom stereocenters. The van der Waals surface area contributed by atoms with Crippen molar-refractivity contribution in [3.63, 3.8) is 0 Å². The third kappa shape index (κ3) is 16.4. The maximum absolute atomic E-state index is 13.6. The molecule has 0 unspecified atom stereocenters. The van der Waals surface area contributed by atoms with Crippen molar-refractivity contribution >= 4 is 12.2 Å². The first kappa shape index (κ1) is 62.4. The van der Waals surface area contributed by atoms with E-state index in [0.717, 1.165) is 147 Å². The van der Waals surface area contributed by atoms with Crippen molar-refractivity contribution in [2.45, 2.75) is 76.7 Å². The third-order valence-electron chi connectivity index (χ3n) is 18.7. The number of nitrogens with zero attached hydrogens (tertiary/aromatic N) is 4. The fraction of sp³-hybridized carbons (Fsp3) is 0.472. The smallest absolute Gasteiger partial charge is 0.410 e. The van der Waals surface area contributed by atoms with Crippen LogP contribution in [0.3, 0.4) is 0 Å².